The molecule has 1 aromatic carbocycles. The van der Waals surface area contributed by atoms with E-state index in [2.05, 4.69) is 33.2 Å². The number of methoxy groups -OCH3 is 2. The number of anilines is 1. The second-order valence-corrected chi connectivity index (χ2v) is 22.4. The first-order chi connectivity index (χ1) is 50.2. The van der Waals surface area contributed by atoms with Crippen LogP contribution in [-0.2, 0) is 133 Å². The summed E-state index contributed by atoms with van der Waals surface area (Å²) >= 11 is 2.10. The van der Waals surface area contributed by atoms with Gasteiger partial charge in [0.1, 0.15) is 18.5 Å². The molecule has 1 saturated heterocycles. The highest BCUT2D eigenvalue weighted by Gasteiger charge is 2.35. The van der Waals surface area contributed by atoms with Crippen LogP contribution in [0, 0.1) is 3.57 Å². The number of urea groups is 1. The number of carbonyl (C=O) groups excluding carboxylic acids is 5. The number of nitrogens with one attached hydrogen (secondary N) is 2. The van der Waals surface area contributed by atoms with E-state index in [1.165, 1.54) is 12.0 Å². The molecule has 102 heavy (non-hydrogen) atoms. The lowest BCUT2D eigenvalue weighted by molar-refractivity contribution is -0.134. The number of halogens is 1. The molecule has 1 aliphatic rings. The van der Waals surface area contributed by atoms with Crippen LogP contribution >= 0.6 is 22.6 Å². The zero-order valence-electron chi connectivity index (χ0n) is 60.2. The Morgan fingerprint density at radius 3 is 0.931 bits per heavy atom. The van der Waals surface area contributed by atoms with E-state index in [4.69, 9.17) is 124 Å². The molecule has 0 radical (unpaired) electrons. The quantitative estimate of drug-likeness (QED) is 0.0583. The molecule has 0 bridgehead atoms. The largest absolute Gasteiger partial charge is 0.495 e. The van der Waals surface area contributed by atoms with Crippen molar-refractivity contribution in [3.8, 4) is 5.75 Å². The average Bonchev–Trinajstić information content (AvgIpc) is 0.797. The first kappa shape index (κ1) is 94.2. The third kappa shape index (κ3) is 58.3. The summed E-state index contributed by atoms with van der Waals surface area (Å²) in [5.74, 6) is -2.29. The number of ether oxygens (including phenoxy) is 25. The van der Waals surface area contributed by atoms with Gasteiger partial charge in [-0.2, -0.15) is 0 Å². The van der Waals surface area contributed by atoms with Gasteiger partial charge in [-0.05, 0) is 40.8 Å². The molecule has 2 rings (SSSR count). The lowest BCUT2D eigenvalue weighted by Gasteiger charge is -2.35. The number of imide groups is 1. The van der Waals surface area contributed by atoms with Gasteiger partial charge in [0, 0.05) is 30.1 Å². The lowest BCUT2D eigenvalue weighted by atomic mass is 10.1. The monoisotopic (exact) mass is 1590 g/mol. The Morgan fingerprint density at radius 1 is 0.412 bits per heavy atom. The molecule has 0 aromatic heterocycles. The number of rotatable bonds is 80. The number of hydrogen-bond acceptors (Lipinski definition) is 30. The van der Waals surface area contributed by atoms with Crippen molar-refractivity contribution in [3.63, 3.8) is 0 Å². The molecule has 1 fully saturated rings. The summed E-state index contributed by atoms with van der Waals surface area (Å²) in [5, 5.41) is 4.92. The van der Waals surface area contributed by atoms with Crippen LogP contribution in [0.15, 0.2) is 18.2 Å². The number of nitrogens with zero attached hydrogens (tertiary/aromatic N) is 2. The maximum absolute atomic E-state index is 13.3. The van der Waals surface area contributed by atoms with E-state index in [0.717, 1.165) is 8.47 Å². The van der Waals surface area contributed by atoms with Gasteiger partial charge in [-0.25, -0.2) is 9.69 Å². The van der Waals surface area contributed by atoms with Gasteiger partial charge in [0.25, 0.3) is 0 Å². The van der Waals surface area contributed by atoms with Crippen LogP contribution in [0.3, 0.4) is 0 Å². The van der Waals surface area contributed by atoms with Crippen molar-refractivity contribution in [2.75, 3.05) is 343 Å². The molecule has 35 nitrogen and oxygen atoms in total. The average molecular weight is 1590 g/mol. The van der Waals surface area contributed by atoms with E-state index < -0.39 is 48.8 Å². The van der Waals surface area contributed by atoms with E-state index in [9.17, 15) is 24.0 Å². The maximum atomic E-state index is 13.3. The zero-order valence-corrected chi connectivity index (χ0v) is 62.3. The second-order valence-electron chi connectivity index (χ2n) is 21.1. The van der Waals surface area contributed by atoms with Gasteiger partial charge >= 0.3 is 6.03 Å². The summed E-state index contributed by atoms with van der Waals surface area (Å²) in [6, 6.07) is 3.26. The minimum atomic E-state index is -1.34. The predicted molar refractivity (Wildman–Crippen MR) is 374 cm³/mol. The summed E-state index contributed by atoms with van der Waals surface area (Å²) < 4.78 is 138. The molecule has 1 aliphatic heterocycles. The van der Waals surface area contributed by atoms with Crippen molar-refractivity contribution in [3.05, 3.63) is 21.8 Å². The molecule has 1 heterocycles. The van der Waals surface area contributed by atoms with Gasteiger partial charge in [-0.3, -0.25) is 24.1 Å². The molecular weight excluding hydrogens is 1470 g/mol. The molecule has 0 saturated carbocycles. The Hall–Kier alpha value is -3.86. The summed E-state index contributed by atoms with van der Waals surface area (Å²) in [6.07, 6.45) is -0.631. The van der Waals surface area contributed by atoms with E-state index in [0.29, 0.717) is 302 Å². The highest BCUT2D eigenvalue weighted by atomic mass is 127. The first-order valence-electron chi connectivity index (χ1n) is 34.8. The summed E-state index contributed by atoms with van der Waals surface area (Å²) in [6.45, 7) is 20.7. The molecule has 0 aliphatic carbocycles. The molecule has 36 heteroatoms. The summed E-state index contributed by atoms with van der Waals surface area (Å²) in [5.41, 5.74) is 5.81. The SMILES string of the molecule is COCCOCCOCCOCCOCCOCCOCCOCCOCCOCCOCCOCCOCCOCCOCCOCCOCCOCCOCCOCCOCCOCCOCCOCCC(=O)N[C@@H](CC(N)=O)C(=O)NCN1C(=O)CCN(c2cc(I)ccc2OC)C1=O. The highest BCUT2D eigenvalue weighted by molar-refractivity contribution is 14.1. The number of primary amides is 1. The van der Waals surface area contributed by atoms with Gasteiger partial charge in [-0.15, -0.1) is 0 Å². The summed E-state index contributed by atoms with van der Waals surface area (Å²) in [7, 11) is 3.11. The Kier molecular flexibility index (Phi) is 67.1. The van der Waals surface area contributed by atoms with Crippen molar-refractivity contribution in [2.24, 2.45) is 5.73 Å². The molecular formula is C66H118IN5O30. The molecule has 1 atom stereocenters. The molecule has 4 N–H and O–H groups in total. The number of hydrogen-bond donors (Lipinski definition) is 3. The smallest absolute Gasteiger partial charge is 0.332 e. The number of amides is 6. The van der Waals surface area contributed by atoms with Crippen molar-refractivity contribution < 1.29 is 142 Å². The predicted octanol–water partition coefficient (Wildman–Crippen LogP) is 0.311. The van der Waals surface area contributed by atoms with Crippen LogP contribution < -0.4 is 26.0 Å². The standard InChI is InChI=1S/C66H118IN5O30/c1-78-9-10-81-13-14-83-17-18-85-21-22-87-25-26-89-29-30-91-33-34-93-37-38-95-41-42-97-45-46-99-49-50-101-53-54-102-52-51-100-48-47-98-44-43-96-40-39-94-36-35-92-32-31-90-28-27-88-24-23-86-20-19-84-16-15-82-12-11-80-8-6-63(74)70-59(56-62(68)73)65(76)69-57-72-64(75)5-7-71(66(72)77)60-55-58(67)3-4-61(60)79-2/h3-4,55,59H,5-54,56-57H2,1-2H3,(H2,68,73)(H,69,76)(H,70,74)/t59-/m0/s1. The zero-order chi connectivity index (χ0) is 73.3. The van der Waals surface area contributed by atoms with Crippen molar-refractivity contribution in [2.45, 2.75) is 25.3 Å². The first-order valence-corrected chi connectivity index (χ1v) is 35.8. The van der Waals surface area contributed by atoms with Crippen LogP contribution in [0.1, 0.15) is 19.3 Å². The summed E-state index contributed by atoms with van der Waals surface area (Å²) in [4.78, 5) is 65.7. The van der Waals surface area contributed by atoms with Crippen LogP contribution in [-0.4, -0.2) is 379 Å². The fraction of sp³-hybridized carbons (Fsp3) is 0.833. The van der Waals surface area contributed by atoms with Gasteiger partial charge in [0.05, 0.1) is 330 Å². The Morgan fingerprint density at radius 2 is 0.676 bits per heavy atom. The Labute approximate surface area is 614 Å². The second kappa shape index (κ2) is 72.7. The molecule has 0 spiro atoms. The van der Waals surface area contributed by atoms with Crippen LogP contribution in [0.25, 0.3) is 0 Å². The molecule has 1 aromatic rings. The molecule has 594 valence electrons. The Balaban J connectivity index is 1.18. The third-order valence-corrected chi connectivity index (χ3v) is 14.0. The fourth-order valence-electron chi connectivity index (χ4n) is 8.15. The van der Waals surface area contributed by atoms with Gasteiger partial charge in [-0.1, -0.05) is 0 Å². The van der Waals surface area contributed by atoms with Crippen LogP contribution in [0.5, 0.6) is 5.75 Å². The van der Waals surface area contributed by atoms with Crippen LogP contribution in [0.2, 0.25) is 0 Å². The van der Waals surface area contributed by atoms with E-state index >= 15 is 0 Å². The van der Waals surface area contributed by atoms with E-state index in [-0.39, 0.29) is 39.2 Å². The molecule has 6 amide bonds. The number of carbonyl (C=O) groups is 5. The van der Waals surface area contributed by atoms with Crippen molar-refractivity contribution in [1.82, 2.24) is 15.5 Å². The van der Waals surface area contributed by atoms with Crippen molar-refractivity contribution in [1.29, 1.82) is 0 Å². The third-order valence-electron chi connectivity index (χ3n) is 13.3. The minimum Gasteiger partial charge on any atom is -0.495 e. The van der Waals surface area contributed by atoms with Gasteiger partial charge in [0.15, 0.2) is 0 Å². The van der Waals surface area contributed by atoms with Gasteiger partial charge in [0.2, 0.25) is 23.6 Å². The van der Waals surface area contributed by atoms with E-state index in [1.54, 1.807) is 19.2 Å². The van der Waals surface area contributed by atoms with Crippen LogP contribution in [0.4, 0.5) is 10.5 Å². The number of nitrogens with two attached hydrogens (primary N) is 1. The molecule has 0 unspecified atom stereocenters. The highest BCUT2D eigenvalue weighted by Crippen LogP contribution is 2.32. The minimum absolute atomic E-state index is 0.00180. The Bertz CT molecular complexity index is 2130. The normalized spacial score (nSPS) is 12.9. The topological polar surface area (TPSA) is 373 Å². The number of benzene rings is 1. The van der Waals surface area contributed by atoms with E-state index in [1.807, 2.05) is 6.07 Å². The maximum Gasteiger partial charge on any atom is 0.332 e. The van der Waals surface area contributed by atoms with Crippen molar-refractivity contribution >= 4 is 57.9 Å². The van der Waals surface area contributed by atoms with Gasteiger partial charge < -0.3 is 135 Å². The lowest BCUT2D eigenvalue weighted by Crippen LogP contribution is -2.57. The fourth-order valence-corrected chi connectivity index (χ4v) is 8.62.